The van der Waals surface area contributed by atoms with Crippen LogP contribution in [0.1, 0.15) is 6.42 Å². The fraction of sp³-hybridized carbons (Fsp3) is 0.444. The number of nitrogens with one attached hydrogen (secondary N) is 2. The van der Waals surface area contributed by atoms with Crippen molar-refractivity contribution < 1.29 is 19.8 Å². The Kier molecular flexibility index (Phi) is 4.46. The maximum absolute atomic E-state index is 11.4. The van der Waals surface area contributed by atoms with E-state index in [1.807, 2.05) is 0 Å². The second kappa shape index (κ2) is 5.85. The monoisotopic (exact) mass is 242 g/mol. The number of carboxylic acid groups (broad SMARTS) is 1. The van der Waals surface area contributed by atoms with Crippen molar-refractivity contribution in [2.24, 2.45) is 7.05 Å². The molecule has 17 heavy (non-hydrogen) atoms. The summed E-state index contributed by atoms with van der Waals surface area (Å²) in [6, 6.07) is -0.227. The molecule has 0 saturated heterocycles. The van der Waals surface area contributed by atoms with Gasteiger partial charge in [-0.1, -0.05) is 0 Å². The second-order valence-corrected chi connectivity index (χ2v) is 3.38. The zero-order valence-corrected chi connectivity index (χ0v) is 9.25. The molecule has 0 aliphatic rings. The number of aryl methyl sites for hydroxylation is 1. The molecule has 0 saturated carbocycles. The molecule has 2 amide bonds. The first-order valence-electron chi connectivity index (χ1n) is 4.93. The number of aliphatic hydroxyl groups excluding tert-OH is 1. The first-order valence-corrected chi connectivity index (χ1v) is 4.93. The van der Waals surface area contributed by atoms with Crippen molar-refractivity contribution in [3.63, 3.8) is 0 Å². The topological polar surface area (TPSA) is 116 Å². The number of carboxylic acids is 1. The summed E-state index contributed by atoms with van der Waals surface area (Å²) in [6.07, 6.45) is 1.59. The Balaban J connectivity index is 2.50. The predicted molar refractivity (Wildman–Crippen MR) is 58.5 cm³/mol. The van der Waals surface area contributed by atoms with Crippen LogP contribution in [0.4, 0.5) is 10.6 Å². The number of hydrogen-bond donors (Lipinski definition) is 4. The van der Waals surface area contributed by atoms with Crippen molar-refractivity contribution in [1.29, 1.82) is 0 Å². The molecule has 1 aromatic heterocycles. The van der Waals surface area contributed by atoms with Crippen molar-refractivity contribution in [2.45, 2.75) is 12.5 Å². The van der Waals surface area contributed by atoms with Gasteiger partial charge in [-0.15, -0.1) is 0 Å². The Morgan fingerprint density at radius 2 is 2.29 bits per heavy atom. The molecule has 0 fully saturated rings. The van der Waals surface area contributed by atoms with E-state index in [0.717, 1.165) is 0 Å². The average Bonchev–Trinajstić information content (AvgIpc) is 2.63. The highest BCUT2D eigenvalue weighted by atomic mass is 16.4. The number of nitrogens with zero attached hydrogens (tertiary/aromatic N) is 2. The molecule has 8 heteroatoms. The van der Waals surface area contributed by atoms with Gasteiger partial charge in [-0.05, 0) is 0 Å². The highest BCUT2D eigenvalue weighted by Gasteiger charge is 2.19. The molecule has 1 atom stereocenters. The van der Waals surface area contributed by atoms with E-state index >= 15 is 0 Å². The van der Waals surface area contributed by atoms with E-state index in [1.165, 1.54) is 4.68 Å². The number of urea groups is 1. The van der Waals surface area contributed by atoms with Crippen LogP contribution >= 0.6 is 0 Å². The van der Waals surface area contributed by atoms with Gasteiger partial charge in [0.15, 0.2) is 5.82 Å². The summed E-state index contributed by atoms with van der Waals surface area (Å²) in [7, 11) is 1.69. The summed E-state index contributed by atoms with van der Waals surface area (Å²) in [6.45, 7) is -0.319. The summed E-state index contributed by atoms with van der Waals surface area (Å²) < 4.78 is 1.50. The van der Waals surface area contributed by atoms with Crippen molar-refractivity contribution in [1.82, 2.24) is 15.1 Å². The molecule has 1 heterocycles. The van der Waals surface area contributed by atoms with Crippen molar-refractivity contribution in [3.8, 4) is 0 Å². The molecule has 0 aromatic carbocycles. The van der Waals surface area contributed by atoms with E-state index in [4.69, 9.17) is 10.2 Å². The third-order valence-electron chi connectivity index (χ3n) is 1.98. The van der Waals surface area contributed by atoms with Crippen LogP contribution in [0.3, 0.4) is 0 Å². The number of rotatable bonds is 5. The zero-order valence-electron chi connectivity index (χ0n) is 9.25. The molecule has 0 aliphatic heterocycles. The summed E-state index contributed by atoms with van der Waals surface area (Å²) in [4.78, 5) is 22.1. The maximum Gasteiger partial charge on any atom is 0.326 e. The van der Waals surface area contributed by atoms with Crippen molar-refractivity contribution >= 4 is 17.8 Å². The van der Waals surface area contributed by atoms with Crippen LogP contribution in [0.15, 0.2) is 12.3 Å². The number of carbonyl (C=O) groups excluding carboxylic acids is 1. The lowest BCUT2D eigenvalue weighted by Crippen LogP contribution is -2.43. The Morgan fingerprint density at radius 1 is 1.59 bits per heavy atom. The van der Waals surface area contributed by atoms with Gasteiger partial charge in [-0.25, -0.2) is 9.59 Å². The van der Waals surface area contributed by atoms with Crippen LogP contribution < -0.4 is 10.6 Å². The van der Waals surface area contributed by atoms with E-state index in [1.54, 1.807) is 19.3 Å². The number of carbonyl (C=O) groups is 2. The molecule has 0 aliphatic carbocycles. The summed E-state index contributed by atoms with van der Waals surface area (Å²) in [5.74, 6) is -0.881. The van der Waals surface area contributed by atoms with E-state index in [0.29, 0.717) is 5.82 Å². The fourth-order valence-corrected chi connectivity index (χ4v) is 1.18. The lowest BCUT2D eigenvalue weighted by atomic mass is 10.2. The van der Waals surface area contributed by atoms with Crippen LogP contribution in [-0.4, -0.2) is 44.6 Å². The van der Waals surface area contributed by atoms with Gasteiger partial charge < -0.3 is 15.5 Å². The molecule has 0 spiro atoms. The highest BCUT2D eigenvalue weighted by molar-refractivity contribution is 5.91. The molecular weight excluding hydrogens is 228 g/mol. The number of anilines is 1. The largest absolute Gasteiger partial charge is 0.480 e. The summed E-state index contributed by atoms with van der Waals surface area (Å²) in [5, 5.41) is 25.9. The number of aromatic nitrogens is 2. The SMILES string of the molecule is Cn1ccc(NC(=O)N[C@H](CCO)C(=O)O)n1. The number of amides is 2. The minimum Gasteiger partial charge on any atom is -0.480 e. The molecular formula is C9H14N4O4. The molecule has 4 N–H and O–H groups in total. The number of aliphatic carboxylic acids is 1. The van der Waals surface area contributed by atoms with Crippen LogP contribution in [0, 0.1) is 0 Å². The molecule has 94 valence electrons. The van der Waals surface area contributed by atoms with Crippen molar-refractivity contribution in [2.75, 3.05) is 11.9 Å². The minimum atomic E-state index is -1.20. The van der Waals surface area contributed by atoms with E-state index in [2.05, 4.69) is 15.7 Å². The lowest BCUT2D eigenvalue weighted by molar-refractivity contribution is -0.139. The molecule has 0 radical (unpaired) electrons. The molecule has 8 nitrogen and oxygen atoms in total. The van der Waals surface area contributed by atoms with E-state index in [-0.39, 0.29) is 13.0 Å². The lowest BCUT2D eigenvalue weighted by Gasteiger charge is -2.12. The van der Waals surface area contributed by atoms with Crippen LogP contribution in [0.5, 0.6) is 0 Å². The Morgan fingerprint density at radius 3 is 2.76 bits per heavy atom. The predicted octanol–water partition coefficient (Wildman–Crippen LogP) is -0.623. The molecule has 1 rings (SSSR count). The third-order valence-corrected chi connectivity index (χ3v) is 1.98. The Labute approximate surface area is 97.2 Å². The number of aliphatic hydroxyl groups is 1. The smallest absolute Gasteiger partial charge is 0.326 e. The molecule has 0 bridgehead atoms. The fourth-order valence-electron chi connectivity index (χ4n) is 1.18. The maximum atomic E-state index is 11.4. The summed E-state index contributed by atoms with van der Waals surface area (Å²) in [5.41, 5.74) is 0. The van der Waals surface area contributed by atoms with Gasteiger partial charge in [-0.3, -0.25) is 10.00 Å². The average molecular weight is 242 g/mol. The second-order valence-electron chi connectivity index (χ2n) is 3.38. The van der Waals surface area contributed by atoms with Gasteiger partial charge >= 0.3 is 12.0 Å². The zero-order chi connectivity index (χ0) is 12.8. The van der Waals surface area contributed by atoms with Gasteiger partial charge in [0.2, 0.25) is 0 Å². The van der Waals surface area contributed by atoms with Gasteiger partial charge in [0, 0.05) is 32.3 Å². The molecule has 0 unspecified atom stereocenters. The quantitative estimate of drug-likeness (QED) is 0.549. The van der Waals surface area contributed by atoms with Crippen LogP contribution in [0.2, 0.25) is 0 Å². The van der Waals surface area contributed by atoms with Gasteiger partial charge in [0.05, 0.1) is 0 Å². The van der Waals surface area contributed by atoms with Gasteiger partial charge in [0.1, 0.15) is 6.04 Å². The normalized spacial score (nSPS) is 11.9. The van der Waals surface area contributed by atoms with E-state index in [9.17, 15) is 9.59 Å². The Bertz CT molecular complexity index is 403. The first kappa shape index (κ1) is 13.0. The third kappa shape index (κ3) is 4.11. The minimum absolute atomic E-state index is 0.0506. The van der Waals surface area contributed by atoms with E-state index < -0.39 is 18.0 Å². The van der Waals surface area contributed by atoms with Crippen molar-refractivity contribution in [3.05, 3.63) is 12.3 Å². The van der Waals surface area contributed by atoms with Gasteiger partial charge in [-0.2, -0.15) is 5.10 Å². The first-order chi connectivity index (χ1) is 8.02. The number of hydrogen-bond acceptors (Lipinski definition) is 4. The van der Waals surface area contributed by atoms with Gasteiger partial charge in [0.25, 0.3) is 0 Å². The highest BCUT2D eigenvalue weighted by Crippen LogP contribution is 2.01. The Hall–Kier alpha value is -2.09. The molecule has 1 aromatic rings. The van der Waals surface area contributed by atoms with Crippen LogP contribution in [0.25, 0.3) is 0 Å². The van der Waals surface area contributed by atoms with Crippen LogP contribution in [-0.2, 0) is 11.8 Å². The summed E-state index contributed by atoms with van der Waals surface area (Å²) >= 11 is 0. The standard InChI is InChI=1S/C9H14N4O4/c1-13-4-2-7(12-13)11-9(17)10-6(3-5-14)8(15)16/h2,4,6,14H,3,5H2,1H3,(H,15,16)(H2,10,11,12,17)/t6-/m1/s1.